The highest BCUT2D eigenvalue weighted by Crippen LogP contribution is 2.36. The SMILES string of the molecule is CN(C)CCNCCCNc1c2ccccc2nc2cccc([N+](=O)[O-])c12.Cl. The molecule has 0 aliphatic heterocycles. The topological polar surface area (TPSA) is 83.3 Å². The fraction of sp³-hybridized carbons (Fsp3) is 0.350. The normalized spacial score (nSPS) is 11.0. The highest BCUT2D eigenvalue weighted by atomic mass is 35.5. The van der Waals surface area contributed by atoms with E-state index >= 15 is 0 Å². The number of non-ortho nitro benzene ring substituents is 1. The zero-order valence-electron chi connectivity index (χ0n) is 16.1. The number of halogens is 1. The lowest BCUT2D eigenvalue weighted by atomic mass is 10.1. The molecule has 150 valence electrons. The standard InChI is InChI=1S/C20H25N5O2.ClH/c1-24(2)14-13-21-11-6-12-22-20-15-7-3-4-8-16(15)23-17-9-5-10-18(19(17)20)25(26)27;/h3-5,7-10,21H,6,11-14H2,1-2H3,(H,22,23);1H. The number of anilines is 1. The van der Waals surface area contributed by atoms with Crippen molar-refractivity contribution in [2.45, 2.75) is 6.42 Å². The Balaban J connectivity index is 0.00000280. The zero-order chi connectivity index (χ0) is 19.2. The number of aromatic nitrogens is 1. The van der Waals surface area contributed by atoms with Gasteiger partial charge in [-0.3, -0.25) is 10.1 Å². The third-order valence-electron chi connectivity index (χ3n) is 4.45. The quantitative estimate of drug-likeness (QED) is 0.245. The maximum atomic E-state index is 11.5. The van der Waals surface area contributed by atoms with E-state index in [1.807, 2.05) is 30.3 Å². The minimum atomic E-state index is -0.341. The molecule has 0 amide bonds. The van der Waals surface area contributed by atoms with Crippen LogP contribution in [0.3, 0.4) is 0 Å². The summed E-state index contributed by atoms with van der Waals surface area (Å²) in [4.78, 5) is 17.9. The first-order valence-electron chi connectivity index (χ1n) is 9.13. The van der Waals surface area contributed by atoms with E-state index in [4.69, 9.17) is 0 Å². The van der Waals surface area contributed by atoms with Crippen LogP contribution in [0.4, 0.5) is 11.4 Å². The minimum Gasteiger partial charge on any atom is -0.384 e. The maximum Gasteiger partial charge on any atom is 0.280 e. The lowest BCUT2D eigenvalue weighted by Crippen LogP contribution is -2.28. The molecule has 0 radical (unpaired) electrons. The molecule has 0 atom stereocenters. The molecule has 28 heavy (non-hydrogen) atoms. The molecule has 0 aliphatic carbocycles. The first kappa shape index (κ1) is 21.8. The number of benzene rings is 2. The first-order valence-corrected chi connectivity index (χ1v) is 9.13. The van der Waals surface area contributed by atoms with E-state index < -0.39 is 0 Å². The highest BCUT2D eigenvalue weighted by molar-refractivity contribution is 6.11. The van der Waals surface area contributed by atoms with Crippen molar-refractivity contribution in [1.82, 2.24) is 15.2 Å². The molecule has 0 bridgehead atoms. The Kier molecular flexibility index (Phi) is 7.92. The van der Waals surface area contributed by atoms with Crippen LogP contribution in [0.25, 0.3) is 21.8 Å². The predicted octanol–water partition coefficient (Wildman–Crippen LogP) is 3.67. The van der Waals surface area contributed by atoms with Gasteiger partial charge in [-0.05, 0) is 39.2 Å². The summed E-state index contributed by atoms with van der Waals surface area (Å²) in [7, 11) is 4.10. The van der Waals surface area contributed by atoms with Crippen molar-refractivity contribution in [2.75, 3.05) is 45.6 Å². The van der Waals surface area contributed by atoms with Crippen LogP contribution in [0.15, 0.2) is 42.5 Å². The predicted molar refractivity (Wildman–Crippen MR) is 118 cm³/mol. The number of nitrogens with zero attached hydrogens (tertiary/aromatic N) is 3. The number of nitro benzene ring substituents is 1. The number of hydrogen-bond acceptors (Lipinski definition) is 6. The van der Waals surface area contributed by atoms with Crippen LogP contribution in [0.2, 0.25) is 0 Å². The number of fused-ring (bicyclic) bond motifs is 2. The molecular formula is C20H26ClN5O2. The Hall–Kier alpha value is -2.48. The fourth-order valence-electron chi connectivity index (χ4n) is 3.11. The Morgan fingerprint density at radius 1 is 1.04 bits per heavy atom. The van der Waals surface area contributed by atoms with E-state index in [1.165, 1.54) is 6.07 Å². The lowest BCUT2D eigenvalue weighted by Gasteiger charge is -2.14. The van der Waals surface area contributed by atoms with E-state index in [2.05, 4.69) is 34.6 Å². The Morgan fingerprint density at radius 2 is 1.79 bits per heavy atom. The van der Waals surface area contributed by atoms with E-state index in [1.54, 1.807) is 6.07 Å². The van der Waals surface area contributed by atoms with Gasteiger partial charge in [-0.1, -0.05) is 24.3 Å². The molecule has 7 nitrogen and oxygen atoms in total. The van der Waals surface area contributed by atoms with Gasteiger partial charge < -0.3 is 15.5 Å². The first-order chi connectivity index (χ1) is 13.1. The number of nitrogens with one attached hydrogen (secondary N) is 2. The van der Waals surface area contributed by atoms with Gasteiger partial charge in [-0.25, -0.2) is 4.98 Å². The van der Waals surface area contributed by atoms with Gasteiger partial charge in [-0.15, -0.1) is 12.4 Å². The largest absolute Gasteiger partial charge is 0.384 e. The van der Waals surface area contributed by atoms with Gasteiger partial charge in [0.15, 0.2) is 0 Å². The Bertz CT molecular complexity index is 948. The highest BCUT2D eigenvalue weighted by Gasteiger charge is 2.18. The summed E-state index contributed by atoms with van der Waals surface area (Å²) in [6.45, 7) is 3.56. The number of rotatable bonds is 9. The number of pyridine rings is 1. The van der Waals surface area contributed by atoms with Crippen LogP contribution in [0.1, 0.15) is 6.42 Å². The monoisotopic (exact) mass is 403 g/mol. The molecule has 3 rings (SSSR count). The molecule has 2 aromatic carbocycles. The Labute approximate surface area is 170 Å². The summed E-state index contributed by atoms with van der Waals surface area (Å²) in [6, 6.07) is 12.8. The van der Waals surface area contributed by atoms with Crippen molar-refractivity contribution in [1.29, 1.82) is 0 Å². The van der Waals surface area contributed by atoms with Crippen molar-refractivity contribution in [3.63, 3.8) is 0 Å². The molecule has 2 N–H and O–H groups in total. The smallest absolute Gasteiger partial charge is 0.280 e. The maximum absolute atomic E-state index is 11.5. The molecule has 0 saturated carbocycles. The summed E-state index contributed by atoms with van der Waals surface area (Å²) in [6.07, 6.45) is 0.923. The van der Waals surface area contributed by atoms with Crippen LogP contribution in [-0.2, 0) is 0 Å². The molecule has 0 spiro atoms. The molecular weight excluding hydrogens is 378 g/mol. The average molecular weight is 404 g/mol. The molecule has 3 aromatic rings. The second kappa shape index (κ2) is 10.2. The number of likely N-dealkylation sites (N-methyl/N-ethyl adjacent to an activating group) is 1. The average Bonchev–Trinajstić information content (AvgIpc) is 2.65. The summed E-state index contributed by atoms with van der Waals surface area (Å²) in [5.74, 6) is 0. The van der Waals surface area contributed by atoms with E-state index in [0.717, 1.165) is 49.2 Å². The van der Waals surface area contributed by atoms with Crippen LogP contribution in [0, 0.1) is 10.1 Å². The molecule has 1 heterocycles. The third-order valence-corrected chi connectivity index (χ3v) is 4.45. The van der Waals surface area contributed by atoms with Crippen LogP contribution in [0.5, 0.6) is 0 Å². The van der Waals surface area contributed by atoms with E-state index in [-0.39, 0.29) is 23.0 Å². The van der Waals surface area contributed by atoms with Crippen LogP contribution < -0.4 is 10.6 Å². The van der Waals surface area contributed by atoms with Crippen molar-refractivity contribution in [3.05, 3.63) is 52.6 Å². The zero-order valence-corrected chi connectivity index (χ0v) is 17.0. The molecule has 1 aromatic heterocycles. The van der Waals surface area contributed by atoms with Crippen LogP contribution >= 0.6 is 12.4 Å². The number of nitro groups is 1. The van der Waals surface area contributed by atoms with Crippen molar-refractivity contribution < 1.29 is 4.92 Å². The lowest BCUT2D eigenvalue weighted by molar-refractivity contribution is -0.383. The number of para-hydroxylation sites is 1. The van der Waals surface area contributed by atoms with Gasteiger partial charge in [0.25, 0.3) is 5.69 Å². The minimum absolute atomic E-state index is 0. The van der Waals surface area contributed by atoms with Crippen molar-refractivity contribution in [2.24, 2.45) is 0 Å². The van der Waals surface area contributed by atoms with Crippen molar-refractivity contribution in [3.8, 4) is 0 Å². The van der Waals surface area contributed by atoms with Crippen molar-refractivity contribution >= 4 is 45.6 Å². The van der Waals surface area contributed by atoms with Gasteiger partial charge in [0, 0.05) is 31.1 Å². The molecule has 0 unspecified atom stereocenters. The van der Waals surface area contributed by atoms with Gasteiger partial charge in [0.2, 0.25) is 0 Å². The summed E-state index contributed by atoms with van der Waals surface area (Å²) in [5, 5.41) is 19.9. The van der Waals surface area contributed by atoms with E-state index in [9.17, 15) is 10.1 Å². The van der Waals surface area contributed by atoms with Crippen LogP contribution in [-0.4, -0.2) is 55.1 Å². The summed E-state index contributed by atoms with van der Waals surface area (Å²) < 4.78 is 0. The molecule has 8 heteroatoms. The summed E-state index contributed by atoms with van der Waals surface area (Å²) >= 11 is 0. The fourth-order valence-corrected chi connectivity index (χ4v) is 3.11. The second-order valence-corrected chi connectivity index (χ2v) is 6.77. The van der Waals surface area contributed by atoms with Gasteiger partial charge in [0.05, 0.1) is 21.6 Å². The number of hydrogen-bond donors (Lipinski definition) is 2. The molecule has 0 saturated heterocycles. The second-order valence-electron chi connectivity index (χ2n) is 6.77. The van der Waals surface area contributed by atoms with Gasteiger partial charge >= 0.3 is 0 Å². The Morgan fingerprint density at radius 3 is 2.54 bits per heavy atom. The summed E-state index contributed by atoms with van der Waals surface area (Å²) in [5.41, 5.74) is 2.33. The van der Waals surface area contributed by atoms with E-state index in [0.29, 0.717) is 10.9 Å². The van der Waals surface area contributed by atoms with Gasteiger partial charge in [0.1, 0.15) is 5.39 Å². The molecule has 0 aliphatic rings. The van der Waals surface area contributed by atoms with Gasteiger partial charge in [-0.2, -0.15) is 0 Å². The third kappa shape index (κ3) is 5.07. The molecule has 0 fully saturated rings.